The van der Waals surface area contributed by atoms with E-state index in [2.05, 4.69) is 28.8 Å². The Morgan fingerprint density at radius 1 is 1.17 bits per heavy atom. The number of para-hydroxylation sites is 2. The number of rotatable bonds is 6. The van der Waals surface area contributed by atoms with Crippen molar-refractivity contribution in [1.29, 1.82) is 0 Å². The molecule has 4 heteroatoms. The molecular formula is C20H23N2O2+. The molecule has 0 aliphatic carbocycles. The summed E-state index contributed by atoms with van der Waals surface area (Å²) in [4.78, 5) is 4.10. The van der Waals surface area contributed by atoms with Crippen molar-refractivity contribution in [3.63, 3.8) is 0 Å². The Morgan fingerprint density at radius 2 is 1.96 bits per heavy atom. The van der Waals surface area contributed by atoms with Gasteiger partial charge in [0.2, 0.25) is 0 Å². The average molecular weight is 323 g/mol. The Kier molecular flexibility index (Phi) is 5.26. The van der Waals surface area contributed by atoms with Crippen LogP contribution in [0.5, 0.6) is 11.5 Å². The first-order valence-electron chi connectivity index (χ1n) is 8.36. The lowest BCUT2D eigenvalue weighted by atomic mass is 10.2. The third-order valence-corrected chi connectivity index (χ3v) is 3.91. The van der Waals surface area contributed by atoms with Crippen LogP contribution in [-0.2, 0) is 0 Å². The summed E-state index contributed by atoms with van der Waals surface area (Å²) < 4.78 is 14.4. The monoisotopic (exact) mass is 323 g/mol. The fourth-order valence-electron chi connectivity index (χ4n) is 2.65. The number of fused-ring (bicyclic) bond motifs is 1. The summed E-state index contributed by atoms with van der Waals surface area (Å²) in [5, 5.41) is 0. The number of benzene rings is 2. The van der Waals surface area contributed by atoms with E-state index in [-0.39, 0.29) is 0 Å². The molecule has 0 N–H and O–H groups in total. The molecule has 0 aromatic heterocycles. The molecule has 1 aliphatic heterocycles. The lowest BCUT2D eigenvalue weighted by molar-refractivity contribution is -0.640. The van der Waals surface area contributed by atoms with Crippen molar-refractivity contribution >= 4 is 12.4 Å². The molecule has 1 heterocycles. The molecular weight excluding hydrogens is 300 g/mol. The van der Waals surface area contributed by atoms with Gasteiger partial charge >= 0.3 is 6.41 Å². The first-order chi connectivity index (χ1) is 11.8. The summed E-state index contributed by atoms with van der Waals surface area (Å²) in [6.07, 6.45) is 5.65. The highest BCUT2D eigenvalue weighted by atomic mass is 16.7. The summed E-state index contributed by atoms with van der Waals surface area (Å²) in [7, 11) is 1.76. The molecule has 0 saturated carbocycles. The van der Waals surface area contributed by atoms with E-state index in [9.17, 15) is 0 Å². The first kappa shape index (κ1) is 16.2. The Hall–Kier alpha value is -2.62. The fourth-order valence-corrected chi connectivity index (χ4v) is 2.65. The van der Waals surface area contributed by atoms with Crippen LogP contribution in [0, 0.1) is 0 Å². The normalized spacial score (nSPS) is 16.4. The van der Waals surface area contributed by atoms with E-state index in [4.69, 9.17) is 9.47 Å². The molecule has 2 aromatic carbocycles. The van der Waals surface area contributed by atoms with Gasteiger partial charge in [-0.1, -0.05) is 37.6 Å². The van der Waals surface area contributed by atoms with Crippen LogP contribution in [0.2, 0.25) is 0 Å². The van der Waals surface area contributed by atoms with Crippen molar-refractivity contribution in [1.82, 2.24) is 0 Å². The van der Waals surface area contributed by atoms with Gasteiger partial charge in [0.25, 0.3) is 0 Å². The van der Waals surface area contributed by atoms with Gasteiger partial charge in [0.1, 0.15) is 11.5 Å². The van der Waals surface area contributed by atoms with Crippen LogP contribution in [0.25, 0.3) is 0 Å². The molecule has 0 amide bonds. The molecule has 0 spiro atoms. The van der Waals surface area contributed by atoms with Crippen molar-refractivity contribution in [3.05, 3.63) is 59.7 Å². The lowest BCUT2D eigenvalue weighted by Crippen LogP contribution is -2.41. The van der Waals surface area contributed by atoms with Crippen molar-refractivity contribution in [2.24, 2.45) is 4.99 Å². The van der Waals surface area contributed by atoms with E-state index in [1.54, 1.807) is 13.3 Å². The molecule has 4 nitrogen and oxygen atoms in total. The maximum Gasteiger partial charge on any atom is 0.462 e. The minimum Gasteiger partial charge on any atom is -0.401 e. The van der Waals surface area contributed by atoms with Gasteiger partial charge in [-0.05, 0) is 24.3 Å². The fraction of sp³-hybridized carbons (Fsp3) is 0.300. The van der Waals surface area contributed by atoms with Crippen LogP contribution in [0.15, 0.2) is 53.5 Å². The summed E-state index contributed by atoms with van der Waals surface area (Å²) in [6, 6.07) is 15.9. The number of nitrogens with zero attached hydrogens (tertiary/aromatic N) is 2. The number of aliphatic imine (C=N–C) groups is 1. The second-order valence-corrected chi connectivity index (χ2v) is 5.73. The van der Waals surface area contributed by atoms with Gasteiger partial charge in [-0.3, -0.25) is 4.99 Å². The largest absolute Gasteiger partial charge is 0.462 e. The molecule has 2 aromatic rings. The van der Waals surface area contributed by atoms with Gasteiger partial charge in [0.05, 0.1) is 5.56 Å². The molecule has 1 unspecified atom stereocenters. The SMILES string of the molecule is CCCC[N+]1=Cc2ccccc2OC1Oc1ccccc1C=NC. The molecule has 3 rings (SSSR count). The van der Waals surface area contributed by atoms with E-state index < -0.39 is 6.41 Å². The van der Waals surface area contributed by atoms with E-state index in [0.29, 0.717) is 0 Å². The highest BCUT2D eigenvalue weighted by Crippen LogP contribution is 2.25. The molecule has 0 saturated heterocycles. The number of hydrogen-bond donors (Lipinski definition) is 0. The second kappa shape index (κ2) is 7.77. The lowest BCUT2D eigenvalue weighted by Gasteiger charge is -2.23. The molecule has 0 radical (unpaired) electrons. The standard InChI is InChI=1S/C20H23N2O2/c1-3-4-13-22-15-17-10-6-8-12-19(17)24-20(22)23-18-11-7-5-9-16(18)14-21-2/h5-12,14-15,20H,3-4,13H2,1-2H3/q+1. The summed E-state index contributed by atoms with van der Waals surface area (Å²) >= 11 is 0. The van der Waals surface area contributed by atoms with Crippen LogP contribution in [0.1, 0.15) is 30.9 Å². The number of hydrogen-bond acceptors (Lipinski definition) is 3. The van der Waals surface area contributed by atoms with Crippen LogP contribution < -0.4 is 9.47 Å². The molecule has 124 valence electrons. The highest BCUT2D eigenvalue weighted by Gasteiger charge is 2.30. The third-order valence-electron chi connectivity index (χ3n) is 3.91. The quantitative estimate of drug-likeness (QED) is 0.600. The topological polar surface area (TPSA) is 33.8 Å². The highest BCUT2D eigenvalue weighted by molar-refractivity contribution is 5.83. The van der Waals surface area contributed by atoms with Gasteiger partial charge < -0.3 is 9.47 Å². The Morgan fingerprint density at radius 3 is 2.79 bits per heavy atom. The maximum absolute atomic E-state index is 6.19. The number of unbranched alkanes of at least 4 members (excludes halogenated alkanes) is 1. The molecule has 0 fully saturated rings. The van der Waals surface area contributed by atoms with Crippen molar-refractivity contribution < 1.29 is 14.0 Å². The zero-order valence-electron chi connectivity index (χ0n) is 14.2. The molecule has 1 atom stereocenters. The zero-order chi connectivity index (χ0) is 16.8. The van der Waals surface area contributed by atoms with E-state index in [1.807, 2.05) is 42.5 Å². The number of ether oxygens (including phenoxy) is 2. The average Bonchev–Trinajstić information content (AvgIpc) is 2.61. The van der Waals surface area contributed by atoms with Crippen molar-refractivity contribution in [3.8, 4) is 11.5 Å². The Balaban J connectivity index is 1.89. The van der Waals surface area contributed by atoms with E-state index >= 15 is 0 Å². The van der Waals surface area contributed by atoms with Crippen LogP contribution >= 0.6 is 0 Å². The van der Waals surface area contributed by atoms with Gasteiger partial charge in [-0.25, -0.2) is 0 Å². The molecule has 24 heavy (non-hydrogen) atoms. The van der Waals surface area contributed by atoms with Crippen LogP contribution in [0.3, 0.4) is 0 Å². The van der Waals surface area contributed by atoms with Crippen LogP contribution in [-0.4, -0.2) is 37.0 Å². The van der Waals surface area contributed by atoms with Gasteiger partial charge in [-0.15, -0.1) is 0 Å². The molecule has 1 aliphatic rings. The van der Waals surface area contributed by atoms with E-state index in [1.165, 1.54) is 0 Å². The Bertz CT molecular complexity index is 753. The predicted molar refractivity (Wildman–Crippen MR) is 96.6 cm³/mol. The van der Waals surface area contributed by atoms with Crippen molar-refractivity contribution in [2.45, 2.75) is 26.2 Å². The minimum atomic E-state index is -0.474. The summed E-state index contributed by atoms with van der Waals surface area (Å²) in [5.74, 6) is 1.61. The van der Waals surface area contributed by atoms with Gasteiger partial charge in [0, 0.05) is 25.2 Å². The first-order valence-corrected chi connectivity index (χ1v) is 8.36. The zero-order valence-corrected chi connectivity index (χ0v) is 14.2. The summed E-state index contributed by atoms with van der Waals surface area (Å²) in [6.45, 7) is 3.07. The van der Waals surface area contributed by atoms with Gasteiger partial charge in [-0.2, -0.15) is 4.58 Å². The van der Waals surface area contributed by atoms with E-state index in [0.717, 1.165) is 42.0 Å². The second-order valence-electron chi connectivity index (χ2n) is 5.73. The van der Waals surface area contributed by atoms with Crippen LogP contribution in [0.4, 0.5) is 0 Å². The predicted octanol–water partition coefficient (Wildman–Crippen LogP) is 3.72. The Labute approximate surface area is 143 Å². The van der Waals surface area contributed by atoms with Gasteiger partial charge in [0.15, 0.2) is 12.8 Å². The minimum absolute atomic E-state index is 0.474. The maximum atomic E-state index is 6.19. The summed E-state index contributed by atoms with van der Waals surface area (Å²) in [5.41, 5.74) is 2.02. The third kappa shape index (κ3) is 3.65. The van der Waals surface area contributed by atoms with Crippen molar-refractivity contribution in [2.75, 3.05) is 13.6 Å². The smallest absolute Gasteiger partial charge is 0.401 e. The molecule has 0 bridgehead atoms.